The van der Waals surface area contributed by atoms with Gasteiger partial charge in [-0.05, 0) is 49.9 Å². The van der Waals surface area contributed by atoms with E-state index in [1.165, 1.54) is 12.6 Å². The first kappa shape index (κ1) is 23.5. The number of carbonyl (C=O) groups is 1. The number of nitrogens with zero attached hydrogens (tertiary/aromatic N) is 2. The predicted molar refractivity (Wildman–Crippen MR) is 135 cm³/mol. The highest BCUT2D eigenvalue weighted by Crippen LogP contribution is 2.34. The first-order valence-electron chi connectivity index (χ1n) is 11.8. The van der Waals surface area contributed by atoms with Gasteiger partial charge in [-0.1, -0.05) is 55.7 Å². The van der Waals surface area contributed by atoms with Gasteiger partial charge in [-0.3, -0.25) is 10.1 Å². The van der Waals surface area contributed by atoms with Gasteiger partial charge in [-0.2, -0.15) is 0 Å². The van der Waals surface area contributed by atoms with Crippen LogP contribution < -0.4 is 16.0 Å². The number of amides is 2. The molecule has 3 N–H and O–H groups in total. The second-order valence-corrected chi connectivity index (χ2v) is 9.54. The molecule has 2 amide bonds. The molecule has 1 aliphatic carbocycles. The average molecular weight is 462 g/mol. The van der Waals surface area contributed by atoms with Gasteiger partial charge in [0, 0.05) is 18.0 Å². The molecule has 3 aromatic rings. The molecule has 0 radical (unpaired) electrons. The van der Waals surface area contributed by atoms with Gasteiger partial charge in [0.05, 0.1) is 16.0 Å². The highest BCUT2D eigenvalue weighted by molar-refractivity contribution is 5.97. The van der Waals surface area contributed by atoms with Crippen molar-refractivity contribution in [3.05, 3.63) is 64.8 Å². The molecule has 0 bridgehead atoms. The molecular formula is C26H31N5O3. The molecule has 34 heavy (non-hydrogen) atoms. The van der Waals surface area contributed by atoms with Gasteiger partial charge < -0.3 is 16.0 Å². The van der Waals surface area contributed by atoms with Crippen molar-refractivity contribution >= 4 is 28.3 Å². The number of aromatic nitrogens is 1. The number of carbonyl (C=O) groups excluding carboxylic acids is 1. The van der Waals surface area contributed by atoms with Crippen molar-refractivity contribution in [2.45, 2.75) is 57.5 Å². The third-order valence-corrected chi connectivity index (χ3v) is 6.25. The summed E-state index contributed by atoms with van der Waals surface area (Å²) < 4.78 is 0. The first-order valence-corrected chi connectivity index (χ1v) is 11.8. The molecule has 8 heteroatoms. The number of fused-ring (bicyclic) bond motifs is 1. The van der Waals surface area contributed by atoms with Crippen LogP contribution in [0.5, 0.6) is 0 Å². The lowest BCUT2D eigenvalue weighted by Crippen LogP contribution is -2.54. The Bertz CT molecular complexity index is 1170. The molecule has 1 fully saturated rings. The number of anilines is 1. The van der Waals surface area contributed by atoms with Crippen LogP contribution in [0, 0.1) is 10.1 Å². The number of urea groups is 1. The second kappa shape index (κ2) is 10.1. The molecule has 2 aromatic carbocycles. The Hall–Kier alpha value is -3.68. The Labute approximate surface area is 199 Å². The fourth-order valence-electron chi connectivity index (χ4n) is 4.45. The maximum absolute atomic E-state index is 12.5. The predicted octanol–water partition coefficient (Wildman–Crippen LogP) is 5.63. The monoisotopic (exact) mass is 461 g/mol. The van der Waals surface area contributed by atoms with Crippen molar-refractivity contribution in [3.8, 4) is 11.1 Å². The van der Waals surface area contributed by atoms with Gasteiger partial charge >= 0.3 is 11.7 Å². The van der Waals surface area contributed by atoms with E-state index >= 15 is 0 Å². The topological polar surface area (TPSA) is 109 Å². The van der Waals surface area contributed by atoms with E-state index in [0.29, 0.717) is 23.1 Å². The number of rotatable bonds is 7. The van der Waals surface area contributed by atoms with E-state index in [-0.39, 0.29) is 17.8 Å². The molecule has 0 saturated heterocycles. The lowest BCUT2D eigenvalue weighted by atomic mass is 9.95. The lowest BCUT2D eigenvalue weighted by molar-refractivity contribution is -0.384. The van der Waals surface area contributed by atoms with Crippen LogP contribution in [0.2, 0.25) is 0 Å². The van der Waals surface area contributed by atoms with Gasteiger partial charge in [-0.25, -0.2) is 9.78 Å². The number of pyridine rings is 1. The van der Waals surface area contributed by atoms with Crippen molar-refractivity contribution in [1.82, 2.24) is 15.6 Å². The van der Waals surface area contributed by atoms with Crippen LogP contribution in [0.4, 0.5) is 16.2 Å². The zero-order valence-corrected chi connectivity index (χ0v) is 19.6. The number of benzene rings is 2. The number of hydrogen-bond acceptors (Lipinski definition) is 5. The summed E-state index contributed by atoms with van der Waals surface area (Å²) in [6.45, 7) is 4.10. The molecule has 1 aromatic heterocycles. The summed E-state index contributed by atoms with van der Waals surface area (Å²) in [5, 5.41) is 21.7. The minimum absolute atomic E-state index is 0.0950. The quantitative estimate of drug-likeness (QED) is 0.312. The smallest absolute Gasteiger partial charge is 0.315 e. The largest absolute Gasteiger partial charge is 0.377 e. The third kappa shape index (κ3) is 5.62. The maximum Gasteiger partial charge on any atom is 0.315 e. The summed E-state index contributed by atoms with van der Waals surface area (Å²) in [5.74, 6) is 0. The molecule has 0 spiro atoms. The summed E-state index contributed by atoms with van der Waals surface area (Å²) in [6, 6.07) is 15.6. The lowest BCUT2D eigenvalue weighted by Gasteiger charge is -2.30. The first-order chi connectivity index (χ1) is 16.3. The van der Waals surface area contributed by atoms with Gasteiger partial charge in [-0.15, -0.1) is 0 Å². The van der Waals surface area contributed by atoms with E-state index in [1.54, 1.807) is 0 Å². The number of hydrogen-bond donors (Lipinski definition) is 3. The van der Waals surface area contributed by atoms with Gasteiger partial charge in [0.1, 0.15) is 11.9 Å². The zero-order chi connectivity index (χ0) is 24.1. The van der Waals surface area contributed by atoms with Crippen LogP contribution >= 0.6 is 0 Å². The van der Waals surface area contributed by atoms with E-state index in [4.69, 9.17) is 0 Å². The average Bonchev–Trinajstić information content (AvgIpc) is 2.82. The van der Waals surface area contributed by atoms with Crippen LogP contribution in [0.15, 0.2) is 54.7 Å². The Morgan fingerprint density at radius 1 is 1.09 bits per heavy atom. The van der Waals surface area contributed by atoms with Gasteiger partial charge in [0.15, 0.2) is 0 Å². The summed E-state index contributed by atoms with van der Waals surface area (Å²) in [6.07, 6.45) is 6.80. The summed E-state index contributed by atoms with van der Waals surface area (Å²) in [5.41, 5.74) is 2.37. The normalized spacial score (nSPS) is 14.5. The van der Waals surface area contributed by atoms with Crippen molar-refractivity contribution in [3.63, 3.8) is 0 Å². The van der Waals surface area contributed by atoms with E-state index in [0.717, 1.165) is 36.8 Å². The van der Waals surface area contributed by atoms with Crippen molar-refractivity contribution in [2.24, 2.45) is 0 Å². The van der Waals surface area contributed by atoms with E-state index in [2.05, 4.69) is 20.9 Å². The molecule has 4 rings (SSSR count). The second-order valence-electron chi connectivity index (χ2n) is 9.54. The third-order valence-electron chi connectivity index (χ3n) is 6.25. The fraction of sp³-hybridized carbons (Fsp3) is 0.385. The molecular weight excluding hydrogens is 430 g/mol. The molecule has 8 nitrogen and oxygen atoms in total. The van der Waals surface area contributed by atoms with Crippen molar-refractivity contribution in [1.29, 1.82) is 0 Å². The standard InChI is InChI=1S/C26H31N5O3/c1-26(2,30-25(32)29-20-11-7-4-8-12-20)17-28-24-21-14-13-19(18-9-5-3-6-10-18)15-22(21)27-16-23(24)31(33)34/h3,5-6,9-10,13-16,20H,4,7-8,11-12,17H2,1-2H3,(H,27,28)(H2,29,30,32). The summed E-state index contributed by atoms with van der Waals surface area (Å²) in [7, 11) is 0. The zero-order valence-electron chi connectivity index (χ0n) is 19.6. The molecule has 0 atom stereocenters. The Morgan fingerprint density at radius 3 is 2.53 bits per heavy atom. The van der Waals surface area contributed by atoms with Crippen molar-refractivity contribution < 1.29 is 9.72 Å². The van der Waals surface area contributed by atoms with Crippen LogP contribution in [-0.4, -0.2) is 34.1 Å². The van der Waals surface area contributed by atoms with Crippen LogP contribution in [0.1, 0.15) is 46.0 Å². The molecule has 178 valence electrons. The number of nitro groups is 1. The van der Waals surface area contributed by atoms with Crippen LogP contribution in [-0.2, 0) is 0 Å². The number of nitrogens with one attached hydrogen (secondary N) is 3. The van der Waals surface area contributed by atoms with Gasteiger partial charge in [0.25, 0.3) is 0 Å². The van der Waals surface area contributed by atoms with Crippen LogP contribution in [0.25, 0.3) is 22.0 Å². The fourth-order valence-corrected chi connectivity index (χ4v) is 4.45. The Balaban J connectivity index is 1.52. The highest BCUT2D eigenvalue weighted by Gasteiger charge is 2.25. The molecule has 0 unspecified atom stereocenters. The Morgan fingerprint density at radius 2 is 1.82 bits per heavy atom. The van der Waals surface area contributed by atoms with Crippen LogP contribution in [0.3, 0.4) is 0 Å². The Kier molecular flexibility index (Phi) is 6.95. The molecule has 1 aliphatic rings. The summed E-state index contributed by atoms with van der Waals surface area (Å²) in [4.78, 5) is 28.2. The SMILES string of the molecule is CC(C)(CNc1c([N+](=O)[O-])cnc2cc(-c3ccccc3)ccc12)NC(=O)NC1CCCCC1. The van der Waals surface area contributed by atoms with Gasteiger partial charge in [0.2, 0.25) is 0 Å². The van der Waals surface area contributed by atoms with E-state index in [1.807, 2.05) is 62.4 Å². The molecule has 0 aliphatic heterocycles. The molecule has 1 heterocycles. The van der Waals surface area contributed by atoms with E-state index in [9.17, 15) is 14.9 Å². The minimum Gasteiger partial charge on any atom is -0.377 e. The van der Waals surface area contributed by atoms with Crippen molar-refractivity contribution in [2.75, 3.05) is 11.9 Å². The maximum atomic E-state index is 12.5. The highest BCUT2D eigenvalue weighted by atomic mass is 16.6. The molecule has 1 saturated carbocycles. The van der Waals surface area contributed by atoms with E-state index < -0.39 is 10.5 Å². The summed E-state index contributed by atoms with van der Waals surface area (Å²) >= 11 is 0. The minimum atomic E-state index is -0.633.